The highest BCUT2D eigenvalue weighted by molar-refractivity contribution is 5.85. The minimum absolute atomic E-state index is 0.193. The molecule has 0 aromatic heterocycles. The van der Waals surface area contributed by atoms with Gasteiger partial charge in [-0.25, -0.2) is 9.18 Å². The van der Waals surface area contributed by atoms with Gasteiger partial charge in [0, 0.05) is 19.2 Å². The van der Waals surface area contributed by atoms with Crippen LogP contribution < -0.4 is 0 Å². The molecule has 5 heteroatoms. The number of nitrogens with zero attached hydrogens (tertiary/aromatic N) is 1. The van der Waals surface area contributed by atoms with Gasteiger partial charge in [-0.05, 0) is 50.2 Å². The Hall–Kier alpha value is -1.72. The number of carboxylic acids is 1. The van der Waals surface area contributed by atoms with Crippen LogP contribution >= 0.6 is 0 Å². The zero-order valence-electron chi connectivity index (χ0n) is 12.7. The fraction of sp³-hybridized carbons (Fsp3) is 0.438. The minimum atomic E-state index is -1.05. The summed E-state index contributed by atoms with van der Waals surface area (Å²) in [6, 6.07) is 4.40. The highest BCUT2D eigenvalue weighted by Gasteiger charge is 2.06. The van der Waals surface area contributed by atoms with E-state index in [2.05, 4.69) is 0 Å². The highest BCUT2D eigenvalue weighted by atomic mass is 19.1. The number of ether oxygens (including phenoxy) is 1. The molecule has 1 aromatic rings. The van der Waals surface area contributed by atoms with Crippen LogP contribution in [0.25, 0.3) is 6.08 Å². The summed E-state index contributed by atoms with van der Waals surface area (Å²) < 4.78 is 18.8. The number of halogens is 1. The van der Waals surface area contributed by atoms with Crippen LogP contribution in [0.5, 0.6) is 0 Å². The third-order valence-electron chi connectivity index (χ3n) is 2.88. The van der Waals surface area contributed by atoms with Gasteiger partial charge in [0.05, 0.1) is 12.7 Å². The normalized spacial score (nSPS) is 11.7. The van der Waals surface area contributed by atoms with Gasteiger partial charge in [0.1, 0.15) is 5.82 Å². The number of benzene rings is 1. The molecule has 0 aliphatic heterocycles. The number of carboxylic acid groups (broad SMARTS) is 1. The van der Waals surface area contributed by atoms with Gasteiger partial charge in [0.25, 0.3) is 0 Å². The van der Waals surface area contributed by atoms with E-state index in [0.29, 0.717) is 18.7 Å². The predicted molar refractivity (Wildman–Crippen MR) is 80.5 cm³/mol. The molecule has 1 N–H and O–H groups in total. The van der Waals surface area contributed by atoms with Crippen molar-refractivity contribution in [2.24, 2.45) is 0 Å². The van der Waals surface area contributed by atoms with Crippen LogP contribution in [0, 0.1) is 5.82 Å². The van der Waals surface area contributed by atoms with Gasteiger partial charge in [0.15, 0.2) is 0 Å². The van der Waals surface area contributed by atoms with Crippen molar-refractivity contribution in [3.05, 3.63) is 41.2 Å². The molecule has 1 rings (SSSR count). The fourth-order valence-corrected chi connectivity index (χ4v) is 1.84. The van der Waals surface area contributed by atoms with Crippen molar-refractivity contribution in [2.45, 2.75) is 26.5 Å². The number of carbonyl (C=O) groups is 1. The molecule has 0 unspecified atom stereocenters. The molecule has 1 aromatic carbocycles. The zero-order chi connectivity index (χ0) is 15.8. The summed E-state index contributed by atoms with van der Waals surface area (Å²) in [6.45, 7) is 5.93. The molecule has 0 saturated heterocycles. The minimum Gasteiger partial charge on any atom is -0.478 e. The molecule has 0 fully saturated rings. The van der Waals surface area contributed by atoms with E-state index in [9.17, 15) is 9.18 Å². The molecule has 4 nitrogen and oxygen atoms in total. The summed E-state index contributed by atoms with van der Waals surface area (Å²) in [6.07, 6.45) is 2.62. The lowest BCUT2D eigenvalue weighted by molar-refractivity contribution is -0.131. The first kappa shape index (κ1) is 17.3. The molecule has 0 aliphatic carbocycles. The van der Waals surface area contributed by atoms with Gasteiger partial charge in [0.2, 0.25) is 0 Å². The van der Waals surface area contributed by atoms with Crippen LogP contribution in [0.2, 0.25) is 0 Å². The van der Waals surface area contributed by atoms with Crippen molar-refractivity contribution in [3.8, 4) is 0 Å². The topological polar surface area (TPSA) is 49.8 Å². The Bertz CT molecular complexity index is 500. The predicted octanol–water partition coefficient (Wildman–Crippen LogP) is 2.78. The maximum Gasteiger partial charge on any atom is 0.328 e. The van der Waals surface area contributed by atoms with Gasteiger partial charge < -0.3 is 9.84 Å². The third kappa shape index (κ3) is 7.02. The van der Waals surface area contributed by atoms with Crippen molar-refractivity contribution in [1.29, 1.82) is 0 Å². The van der Waals surface area contributed by atoms with Crippen LogP contribution in [-0.4, -0.2) is 42.3 Å². The molecule has 21 heavy (non-hydrogen) atoms. The van der Waals surface area contributed by atoms with Crippen LogP contribution in [-0.2, 0) is 16.1 Å². The Morgan fingerprint density at radius 1 is 1.48 bits per heavy atom. The number of aliphatic carboxylic acids is 1. The maximum atomic E-state index is 13.3. The molecule has 0 saturated carbocycles. The summed E-state index contributed by atoms with van der Waals surface area (Å²) in [5, 5.41) is 8.68. The van der Waals surface area contributed by atoms with E-state index in [4.69, 9.17) is 9.84 Å². The first-order valence-corrected chi connectivity index (χ1v) is 6.88. The average Bonchev–Trinajstić information content (AvgIpc) is 2.38. The molecule has 116 valence electrons. The summed E-state index contributed by atoms with van der Waals surface area (Å²) in [7, 11) is 1.94. The lowest BCUT2D eigenvalue weighted by atomic mass is 10.1. The monoisotopic (exact) mass is 295 g/mol. The summed E-state index contributed by atoms with van der Waals surface area (Å²) in [5.41, 5.74) is 1.45. The molecule has 0 bridgehead atoms. The van der Waals surface area contributed by atoms with E-state index < -0.39 is 5.97 Å². The van der Waals surface area contributed by atoms with E-state index in [1.54, 1.807) is 6.07 Å². The lowest BCUT2D eigenvalue weighted by Crippen LogP contribution is -2.24. The Morgan fingerprint density at radius 2 is 2.19 bits per heavy atom. The van der Waals surface area contributed by atoms with Gasteiger partial charge in [-0.2, -0.15) is 0 Å². The summed E-state index contributed by atoms with van der Waals surface area (Å²) in [4.78, 5) is 12.6. The number of hydrogen-bond donors (Lipinski definition) is 1. The summed E-state index contributed by atoms with van der Waals surface area (Å²) in [5.74, 6) is -1.43. The van der Waals surface area contributed by atoms with E-state index in [1.165, 1.54) is 18.2 Å². The molecule has 0 radical (unpaired) electrons. The molecule has 0 aliphatic rings. The highest BCUT2D eigenvalue weighted by Crippen LogP contribution is 2.15. The number of hydrogen-bond acceptors (Lipinski definition) is 3. The second kappa shape index (κ2) is 8.54. The Morgan fingerprint density at radius 3 is 2.81 bits per heavy atom. The second-order valence-corrected chi connectivity index (χ2v) is 5.17. The molecular weight excluding hydrogens is 273 g/mol. The molecule has 0 atom stereocenters. The average molecular weight is 295 g/mol. The van der Waals surface area contributed by atoms with E-state index in [0.717, 1.165) is 18.2 Å². The Balaban J connectivity index is 2.71. The standard InChI is InChI=1S/C16H22FNO3/c1-12(2)21-9-8-18(3)11-14-4-6-15(17)10-13(14)5-7-16(19)20/h4-7,10,12H,8-9,11H2,1-3H3,(H,19,20)/b7-5+. The molecule has 0 amide bonds. The van der Waals surface area contributed by atoms with E-state index in [-0.39, 0.29) is 11.9 Å². The molecule has 0 heterocycles. The number of likely N-dealkylation sites (N-methyl/N-ethyl adjacent to an activating group) is 1. The molecular formula is C16H22FNO3. The third-order valence-corrected chi connectivity index (χ3v) is 2.88. The van der Waals surface area contributed by atoms with Gasteiger partial charge in [-0.15, -0.1) is 0 Å². The van der Waals surface area contributed by atoms with Crippen LogP contribution in [0.15, 0.2) is 24.3 Å². The SMILES string of the molecule is CC(C)OCCN(C)Cc1ccc(F)cc1/C=C/C(=O)O. The number of rotatable bonds is 8. The van der Waals surface area contributed by atoms with Gasteiger partial charge in [-0.1, -0.05) is 6.07 Å². The van der Waals surface area contributed by atoms with Crippen molar-refractivity contribution in [1.82, 2.24) is 4.90 Å². The zero-order valence-corrected chi connectivity index (χ0v) is 12.7. The van der Waals surface area contributed by atoms with Crippen LogP contribution in [0.1, 0.15) is 25.0 Å². The van der Waals surface area contributed by atoms with Crippen molar-refractivity contribution in [3.63, 3.8) is 0 Å². The maximum absolute atomic E-state index is 13.3. The second-order valence-electron chi connectivity index (χ2n) is 5.17. The Labute approximate surface area is 124 Å². The summed E-state index contributed by atoms with van der Waals surface area (Å²) >= 11 is 0. The van der Waals surface area contributed by atoms with Gasteiger partial charge in [-0.3, -0.25) is 4.90 Å². The van der Waals surface area contributed by atoms with Crippen LogP contribution in [0.4, 0.5) is 4.39 Å². The first-order chi connectivity index (χ1) is 9.88. The van der Waals surface area contributed by atoms with E-state index >= 15 is 0 Å². The van der Waals surface area contributed by atoms with Gasteiger partial charge >= 0.3 is 5.97 Å². The first-order valence-electron chi connectivity index (χ1n) is 6.88. The van der Waals surface area contributed by atoms with Crippen LogP contribution in [0.3, 0.4) is 0 Å². The van der Waals surface area contributed by atoms with Crippen molar-refractivity contribution >= 4 is 12.0 Å². The van der Waals surface area contributed by atoms with Crippen molar-refractivity contribution in [2.75, 3.05) is 20.2 Å². The molecule has 0 spiro atoms. The smallest absolute Gasteiger partial charge is 0.328 e. The largest absolute Gasteiger partial charge is 0.478 e. The van der Waals surface area contributed by atoms with Crippen molar-refractivity contribution < 1.29 is 19.0 Å². The Kier molecular flexibility index (Phi) is 7.05. The fourth-order valence-electron chi connectivity index (χ4n) is 1.84. The quantitative estimate of drug-likeness (QED) is 0.749. The van der Waals surface area contributed by atoms with E-state index in [1.807, 2.05) is 25.8 Å². The lowest BCUT2D eigenvalue weighted by Gasteiger charge is -2.19.